The first-order valence-corrected chi connectivity index (χ1v) is 7.91. The lowest BCUT2D eigenvalue weighted by Crippen LogP contribution is -2.25. The first kappa shape index (κ1) is 16.4. The van der Waals surface area contributed by atoms with E-state index in [4.69, 9.17) is 0 Å². The summed E-state index contributed by atoms with van der Waals surface area (Å²) in [6, 6.07) is 7.95. The lowest BCUT2D eigenvalue weighted by Gasteiger charge is -2.14. The highest BCUT2D eigenvalue weighted by Gasteiger charge is 2.09. The van der Waals surface area contributed by atoms with Crippen LogP contribution in [-0.4, -0.2) is 16.3 Å². The van der Waals surface area contributed by atoms with E-state index in [-0.39, 0.29) is 5.43 Å². The van der Waals surface area contributed by atoms with E-state index in [1.54, 1.807) is 6.07 Å². The van der Waals surface area contributed by atoms with E-state index < -0.39 is 0 Å². The largest absolute Gasteiger partial charge is 0.311 e. The van der Waals surface area contributed by atoms with Gasteiger partial charge in [0.2, 0.25) is 5.43 Å². The molecule has 0 fully saturated rings. The molecule has 1 N–H and O–H groups in total. The predicted molar refractivity (Wildman–Crippen MR) is 90.7 cm³/mol. The topological polar surface area (TPSA) is 46.9 Å². The van der Waals surface area contributed by atoms with Crippen LogP contribution in [0.1, 0.15) is 42.3 Å². The molecule has 0 aliphatic rings. The molecule has 0 amide bonds. The third-order valence-electron chi connectivity index (χ3n) is 3.77. The van der Waals surface area contributed by atoms with Crippen LogP contribution in [0.4, 0.5) is 0 Å². The molecule has 0 radical (unpaired) electrons. The van der Waals surface area contributed by atoms with Crippen molar-refractivity contribution in [3.05, 3.63) is 57.0 Å². The van der Waals surface area contributed by atoms with Gasteiger partial charge in [-0.25, -0.2) is 4.68 Å². The van der Waals surface area contributed by atoms with Crippen molar-refractivity contribution in [2.45, 2.75) is 47.1 Å². The summed E-state index contributed by atoms with van der Waals surface area (Å²) in [7, 11) is 0. The van der Waals surface area contributed by atoms with E-state index >= 15 is 0 Å². The smallest absolute Gasteiger partial charge is 0.204 e. The fourth-order valence-corrected chi connectivity index (χ4v) is 2.41. The van der Waals surface area contributed by atoms with Crippen molar-refractivity contribution in [2.24, 2.45) is 0 Å². The molecule has 1 aromatic heterocycles. The third kappa shape index (κ3) is 3.83. The minimum atomic E-state index is 0.00283. The summed E-state index contributed by atoms with van der Waals surface area (Å²) < 4.78 is 1.88. The summed E-state index contributed by atoms with van der Waals surface area (Å²) in [5, 5.41) is 7.88. The van der Waals surface area contributed by atoms with E-state index in [1.807, 2.05) is 11.6 Å². The highest BCUT2D eigenvalue weighted by atomic mass is 16.1. The second kappa shape index (κ2) is 7.36. The zero-order valence-electron chi connectivity index (χ0n) is 13.9. The molecule has 0 saturated heterocycles. The summed E-state index contributed by atoms with van der Waals surface area (Å²) >= 11 is 0. The quantitative estimate of drug-likeness (QED) is 0.834. The Kier molecular flexibility index (Phi) is 5.50. The number of rotatable bonds is 6. The molecule has 0 saturated carbocycles. The van der Waals surface area contributed by atoms with Crippen molar-refractivity contribution >= 4 is 0 Å². The van der Waals surface area contributed by atoms with E-state index in [1.165, 1.54) is 5.56 Å². The minimum Gasteiger partial charge on any atom is -0.311 e. The first-order chi connectivity index (χ1) is 10.5. The molecule has 2 aromatic rings. The number of hydrogen-bond acceptors (Lipinski definition) is 3. The van der Waals surface area contributed by atoms with Crippen LogP contribution in [-0.2, 0) is 6.54 Å². The summed E-state index contributed by atoms with van der Waals surface area (Å²) in [5.41, 5.74) is 4.80. The Morgan fingerprint density at radius 3 is 2.68 bits per heavy atom. The molecule has 22 heavy (non-hydrogen) atoms. The minimum absolute atomic E-state index is 0.00283. The van der Waals surface area contributed by atoms with Crippen LogP contribution in [0.25, 0.3) is 5.69 Å². The van der Waals surface area contributed by atoms with Crippen LogP contribution in [0.15, 0.2) is 29.1 Å². The van der Waals surface area contributed by atoms with Crippen molar-refractivity contribution in [1.29, 1.82) is 0 Å². The lowest BCUT2D eigenvalue weighted by atomic mass is 10.1. The zero-order valence-corrected chi connectivity index (χ0v) is 13.9. The second-order valence-corrected chi connectivity index (χ2v) is 5.83. The van der Waals surface area contributed by atoms with E-state index in [9.17, 15) is 4.79 Å². The summed E-state index contributed by atoms with van der Waals surface area (Å²) in [4.78, 5) is 12.1. The first-order valence-electron chi connectivity index (χ1n) is 7.91. The molecular formula is C18H25N3O. The maximum absolute atomic E-state index is 12.1. The van der Waals surface area contributed by atoms with Crippen LogP contribution in [0.2, 0.25) is 0 Å². The summed E-state index contributed by atoms with van der Waals surface area (Å²) in [5.74, 6) is 0. The van der Waals surface area contributed by atoms with E-state index in [2.05, 4.69) is 49.4 Å². The Hall–Kier alpha value is -1.94. The van der Waals surface area contributed by atoms with Gasteiger partial charge in [-0.05, 0) is 50.9 Å². The fraction of sp³-hybridized carbons (Fsp3) is 0.444. The van der Waals surface area contributed by atoms with Crippen LogP contribution in [0.3, 0.4) is 0 Å². The van der Waals surface area contributed by atoms with Gasteiger partial charge in [0.1, 0.15) is 5.69 Å². The van der Waals surface area contributed by atoms with Gasteiger partial charge in [-0.3, -0.25) is 4.79 Å². The molecule has 0 atom stereocenters. The summed E-state index contributed by atoms with van der Waals surface area (Å²) in [6.07, 6.45) is 2.25. The normalized spacial score (nSPS) is 10.9. The molecule has 0 unspecified atom stereocenters. The fourth-order valence-electron chi connectivity index (χ4n) is 2.41. The van der Waals surface area contributed by atoms with Crippen molar-refractivity contribution < 1.29 is 0 Å². The van der Waals surface area contributed by atoms with Gasteiger partial charge in [-0.1, -0.05) is 25.5 Å². The molecule has 2 rings (SSSR count). The van der Waals surface area contributed by atoms with Crippen molar-refractivity contribution in [2.75, 3.05) is 6.54 Å². The van der Waals surface area contributed by atoms with Gasteiger partial charge in [0.15, 0.2) is 0 Å². The van der Waals surface area contributed by atoms with Crippen molar-refractivity contribution in [1.82, 2.24) is 15.1 Å². The number of unbranched alkanes of at least 4 members (excludes halogenated alkanes) is 1. The molecule has 4 nitrogen and oxygen atoms in total. The molecule has 1 aromatic carbocycles. The Balaban J connectivity index is 2.35. The van der Waals surface area contributed by atoms with Gasteiger partial charge in [0.05, 0.1) is 5.69 Å². The summed E-state index contributed by atoms with van der Waals surface area (Å²) in [6.45, 7) is 9.63. The molecule has 4 heteroatoms. The Labute approximate surface area is 132 Å². The highest BCUT2D eigenvalue weighted by Crippen LogP contribution is 2.16. The van der Waals surface area contributed by atoms with Gasteiger partial charge in [0, 0.05) is 18.3 Å². The molecular weight excluding hydrogens is 274 g/mol. The third-order valence-corrected chi connectivity index (χ3v) is 3.77. The van der Waals surface area contributed by atoms with Crippen molar-refractivity contribution in [3.63, 3.8) is 0 Å². The van der Waals surface area contributed by atoms with Crippen LogP contribution >= 0.6 is 0 Å². The number of nitrogens with zero attached hydrogens (tertiary/aromatic N) is 2. The molecule has 118 valence electrons. The molecule has 1 heterocycles. The Bertz CT molecular complexity index is 704. The maximum atomic E-state index is 12.1. The van der Waals surface area contributed by atoms with Gasteiger partial charge < -0.3 is 5.32 Å². The van der Waals surface area contributed by atoms with Crippen LogP contribution < -0.4 is 10.7 Å². The molecule has 0 bridgehead atoms. The average Bonchev–Trinajstić information content (AvgIpc) is 2.48. The van der Waals surface area contributed by atoms with Gasteiger partial charge >= 0.3 is 0 Å². The van der Waals surface area contributed by atoms with Gasteiger partial charge in [-0.15, -0.1) is 0 Å². The molecule has 0 spiro atoms. The van der Waals surface area contributed by atoms with Crippen LogP contribution in [0, 0.1) is 20.8 Å². The Morgan fingerprint density at radius 1 is 1.18 bits per heavy atom. The average molecular weight is 299 g/mol. The molecule has 0 aliphatic carbocycles. The number of hydrogen-bond donors (Lipinski definition) is 1. The van der Waals surface area contributed by atoms with Crippen molar-refractivity contribution in [3.8, 4) is 5.69 Å². The SMILES string of the molecule is CCCCNCc1nn(-c2cc(C)ccc2C)c(C)cc1=O. The van der Waals surface area contributed by atoms with E-state index in [0.717, 1.165) is 36.3 Å². The highest BCUT2D eigenvalue weighted by molar-refractivity contribution is 5.43. The Morgan fingerprint density at radius 2 is 1.95 bits per heavy atom. The number of aryl methyl sites for hydroxylation is 3. The second-order valence-electron chi connectivity index (χ2n) is 5.83. The predicted octanol–water partition coefficient (Wildman–Crippen LogP) is 3.05. The van der Waals surface area contributed by atoms with E-state index in [0.29, 0.717) is 12.2 Å². The van der Waals surface area contributed by atoms with Gasteiger partial charge in [-0.2, -0.15) is 5.10 Å². The van der Waals surface area contributed by atoms with Crippen LogP contribution in [0.5, 0.6) is 0 Å². The monoisotopic (exact) mass is 299 g/mol. The number of aromatic nitrogens is 2. The molecule has 0 aliphatic heterocycles. The maximum Gasteiger partial charge on any atom is 0.204 e. The lowest BCUT2D eigenvalue weighted by molar-refractivity contribution is 0.614. The number of nitrogens with one attached hydrogen (secondary N) is 1. The zero-order chi connectivity index (χ0) is 16.1. The van der Waals surface area contributed by atoms with Gasteiger partial charge in [0.25, 0.3) is 0 Å². The number of benzene rings is 1. The standard InChI is InChI=1S/C18H25N3O/c1-5-6-9-19-12-16-18(22)11-15(4)21(20-16)17-10-13(2)7-8-14(17)3/h7-8,10-11,19H,5-6,9,12H2,1-4H3.